The summed E-state index contributed by atoms with van der Waals surface area (Å²) in [6.07, 6.45) is 6.71. The zero-order valence-electron chi connectivity index (χ0n) is 20.7. The molecule has 0 aliphatic carbocycles. The van der Waals surface area contributed by atoms with Gasteiger partial charge in [-0.25, -0.2) is 14.4 Å². The number of rotatable bonds is 7. The number of hydrogen-bond acceptors (Lipinski definition) is 7. The minimum absolute atomic E-state index is 0.393. The second kappa shape index (κ2) is 9.72. The van der Waals surface area contributed by atoms with Gasteiger partial charge in [0.1, 0.15) is 29.4 Å². The highest BCUT2D eigenvalue weighted by molar-refractivity contribution is 5.96. The van der Waals surface area contributed by atoms with Gasteiger partial charge in [0.15, 0.2) is 11.5 Å². The van der Waals surface area contributed by atoms with Gasteiger partial charge in [-0.2, -0.15) is 5.10 Å². The number of likely N-dealkylation sites (N-methyl/N-ethyl adjacent to an activating group) is 1. The minimum Gasteiger partial charge on any atom is -0.492 e. The number of pyridine rings is 2. The van der Waals surface area contributed by atoms with Crippen molar-refractivity contribution in [2.24, 2.45) is 0 Å². The predicted octanol–water partition coefficient (Wildman–Crippen LogP) is 4.02. The Morgan fingerprint density at radius 2 is 2.00 bits per heavy atom. The molecule has 3 N–H and O–H groups in total. The standard InChI is InChI=1S/C27H27FN8O/c1-36(2)9-10-37-20-12-17(11-19(28)14-20)23-25-22(5-8-30-23)32-27(33-25)24-21-13-18(15-31-26(21)35-34-24)16-3-6-29-7-4-16/h3,5,8,11-15,29H,4,6-7,9-10H2,1-2H3,(H,32,33)(H,31,34,35). The molecule has 5 heterocycles. The minimum atomic E-state index is -0.393. The van der Waals surface area contributed by atoms with Gasteiger partial charge in [-0.1, -0.05) is 6.08 Å². The van der Waals surface area contributed by atoms with Crippen LogP contribution in [0.5, 0.6) is 5.75 Å². The third-order valence-corrected chi connectivity index (χ3v) is 6.43. The van der Waals surface area contributed by atoms with Crippen molar-refractivity contribution < 1.29 is 9.13 Å². The third kappa shape index (κ3) is 4.68. The van der Waals surface area contributed by atoms with Gasteiger partial charge in [0.05, 0.1) is 16.6 Å². The molecule has 0 amide bonds. The van der Waals surface area contributed by atoms with Crippen LogP contribution < -0.4 is 10.1 Å². The Bertz CT molecular complexity index is 1620. The number of imidazole rings is 1. The maximum absolute atomic E-state index is 14.5. The number of nitrogens with one attached hydrogen (secondary N) is 3. The molecule has 0 spiro atoms. The van der Waals surface area contributed by atoms with Crippen molar-refractivity contribution in [3.8, 4) is 28.5 Å². The predicted molar refractivity (Wildman–Crippen MR) is 142 cm³/mol. The normalized spacial score (nSPS) is 14.0. The van der Waals surface area contributed by atoms with Crippen LogP contribution in [0, 0.1) is 5.82 Å². The Kier molecular flexibility index (Phi) is 6.11. The summed E-state index contributed by atoms with van der Waals surface area (Å²) in [6, 6.07) is 8.58. The molecule has 0 saturated carbocycles. The topological polar surface area (TPSA) is 108 Å². The summed E-state index contributed by atoms with van der Waals surface area (Å²) in [7, 11) is 3.93. The highest BCUT2D eigenvalue weighted by Crippen LogP contribution is 2.33. The van der Waals surface area contributed by atoms with E-state index < -0.39 is 5.82 Å². The lowest BCUT2D eigenvalue weighted by Crippen LogP contribution is -2.20. The first kappa shape index (κ1) is 23.3. The molecule has 9 nitrogen and oxygen atoms in total. The molecule has 10 heteroatoms. The van der Waals surface area contributed by atoms with E-state index in [9.17, 15) is 4.39 Å². The maximum atomic E-state index is 14.5. The lowest BCUT2D eigenvalue weighted by Gasteiger charge is -2.13. The zero-order valence-corrected chi connectivity index (χ0v) is 20.7. The number of H-pyrrole nitrogens is 2. The number of fused-ring (bicyclic) bond motifs is 2. The Balaban J connectivity index is 1.39. The van der Waals surface area contributed by atoms with Crippen molar-refractivity contribution in [1.82, 2.24) is 40.3 Å². The Hall–Kier alpha value is -4.15. The van der Waals surface area contributed by atoms with Crippen LogP contribution in [0.4, 0.5) is 4.39 Å². The highest BCUT2D eigenvalue weighted by atomic mass is 19.1. The van der Waals surface area contributed by atoms with Crippen LogP contribution in [-0.2, 0) is 0 Å². The van der Waals surface area contributed by atoms with E-state index in [0.29, 0.717) is 46.3 Å². The molecule has 188 valence electrons. The lowest BCUT2D eigenvalue weighted by atomic mass is 10.0. The van der Waals surface area contributed by atoms with Crippen molar-refractivity contribution in [2.75, 3.05) is 40.3 Å². The van der Waals surface area contributed by atoms with Crippen LogP contribution in [0.2, 0.25) is 0 Å². The first-order valence-electron chi connectivity index (χ1n) is 12.2. The smallest absolute Gasteiger partial charge is 0.159 e. The van der Waals surface area contributed by atoms with E-state index in [1.807, 2.05) is 31.3 Å². The largest absolute Gasteiger partial charge is 0.492 e. The molecule has 1 aliphatic heterocycles. The third-order valence-electron chi connectivity index (χ3n) is 6.43. The number of nitrogens with zero attached hydrogens (tertiary/aromatic N) is 5. The van der Waals surface area contributed by atoms with Crippen molar-refractivity contribution in [3.63, 3.8) is 0 Å². The van der Waals surface area contributed by atoms with Gasteiger partial charge in [-0.05, 0) is 62.5 Å². The molecule has 0 atom stereocenters. The molecule has 6 rings (SSSR count). The van der Waals surface area contributed by atoms with Crippen molar-refractivity contribution >= 4 is 27.6 Å². The Labute approximate surface area is 212 Å². The van der Waals surface area contributed by atoms with Gasteiger partial charge < -0.3 is 19.9 Å². The van der Waals surface area contributed by atoms with E-state index in [1.54, 1.807) is 12.3 Å². The number of aromatic amines is 2. The van der Waals surface area contributed by atoms with Crippen molar-refractivity contribution in [1.29, 1.82) is 0 Å². The molecule has 0 unspecified atom stereocenters. The van der Waals surface area contributed by atoms with E-state index >= 15 is 0 Å². The van der Waals surface area contributed by atoms with E-state index in [4.69, 9.17) is 9.72 Å². The quantitative estimate of drug-likeness (QED) is 0.311. The fourth-order valence-corrected chi connectivity index (χ4v) is 4.53. The van der Waals surface area contributed by atoms with E-state index in [-0.39, 0.29) is 0 Å². The molecule has 0 radical (unpaired) electrons. The van der Waals surface area contributed by atoms with Crippen molar-refractivity contribution in [3.05, 3.63) is 60.2 Å². The summed E-state index contributed by atoms with van der Waals surface area (Å²) in [5.74, 6) is 0.652. The molecule has 0 saturated heterocycles. The highest BCUT2D eigenvalue weighted by Gasteiger charge is 2.18. The molecule has 1 aliphatic rings. The van der Waals surface area contributed by atoms with Crippen LogP contribution in [0.3, 0.4) is 0 Å². The van der Waals surface area contributed by atoms with Gasteiger partial charge in [0, 0.05) is 37.1 Å². The van der Waals surface area contributed by atoms with Gasteiger partial charge >= 0.3 is 0 Å². The number of benzene rings is 1. The fraction of sp³-hybridized carbons (Fsp3) is 0.259. The van der Waals surface area contributed by atoms with E-state index in [1.165, 1.54) is 17.7 Å². The summed E-state index contributed by atoms with van der Waals surface area (Å²) in [5, 5.41) is 11.7. The number of ether oxygens (including phenoxy) is 1. The van der Waals surface area contributed by atoms with Crippen LogP contribution in [0.25, 0.3) is 50.4 Å². The van der Waals surface area contributed by atoms with E-state index in [2.05, 4.69) is 42.6 Å². The van der Waals surface area contributed by atoms with Gasteiger partial charge in [-0.3, -0.25) is 10.1 Å². The SMILES string of the molecule is CN(C)CCOc1cc(F)cc(-c2nccc3[nH]c(-c4n[nH]c5ncc(C6=CCNCC6)cc45)nc23)c1. The number of aromatic nitrogens is 6. The van der Waals surface area contributed by atoms with Crippen molar-refractivity contribution in [2.45, 2.75) is 6.42 Å². The molecule has 0 bridgehead atoms. The summed E-state index contributed by atoms with van der Waals surface area (Å²) >= 11 is 0. The molecule has 37 heavy (non-hydrogen) atoms. The fourth-order valence-electron chi connectivity index (χ4n) is 4.53. The molecular formula is C27H27FN8O. The Morgan fingerprint density at radius 3 is 2.84 bits per heavy atom. The maximum Gasteiger partial charge on any atom is 0.159 e. The van der Waals surface area contributed by atoms with E-state index in [0.717, 1.165) is 42.5 Å². The number of halogens is 1. The van der Waals surface area contributed by atoms with Gasteiger partial charge in [0.25, 0.3) is 0 Å². The van der Waals surface area contributed by atoms with Crippen LogP contribution in [0.1, 0.15) is 12.0 Å². The Morgan fingerprint density at radius 1 is 1.08 bits per heavy atom. The molecule has 1 aromatic carbocycles. The lowest BCUT2D eigenvalue weighted by molar-refractivity contribution is 0.260. The van der Waals surface area contributed by atoms with Crippen LogP contribution in [0.15, 0.2) is 48.8 Å². The summed E-state index contributed by atoms with van der Waals surface area (Å²) in [5.41, 5.74) is 6.28. The van der Waals surface area contributed by atoms with Crippen LogP contribution >= 0.6 is 0 Å². The molecule has 4 aromatic heterocycles. The average Bonchev–Trinajstić information content (AvgIpc) is 3.52. The second-order valence-electron chi connectivity index (χ2n) is 9.34. The molecule has 0 fully saturated rings. The summed E-state index contributed by atoms with van der Waals surface area (Å²) in [4.78, 5) is 19.3. The first-order valence-corrected chi connectivity index (χ1v) is 12.2. The first-order chi connectivity index (χ1) is 18.0. The van der Waals surface area contributed by atoms with Crippen LogP contribution in [-0.4, -0.2) is 75.4 Å². The summed E-state index contributed by atoms with van der Waals surface area (Å²) in [6.45, 7) is 2.98. The summed E-state index contributed by atoms with van der Waals surface area (Å²) < 4.78 is 20.3. The monoisotopic (exact) mass is 498 g/mol. The number of hydrogen-bond donors (Lipinski definition) is 3. The molecular weight excluding hydrogens is 471 g/mol. The second-order valence-corrected chi connectivity index (χ2v) is 9.34. The molecule has 5 aromatic rings. The van der Waals surface area contributed by atoms with Gasteiger partial charge in [-0.15, -0.1) is 0 Å². The zero-order chi connectivity index (χ0) is 25.4. The van der Waals surface area contributed by atoms with Gasteiger partial charge in [0.2, 0.25) is 0 Å². The average molecular weight is 499 g/mol.